The molecular weight excluding hydrogens is 182 g/mol. The number of rotatable bonds is 4. The summed E-state index contributed by atoms with van der Waals surface area (Å²) in [5.41, 5.74) is 0.523. The second-order valence-corrected chi connectivity index (χ2v) is 3.28. The maximum Gasteiger partial charge on any atom is 0.269 e. The number of aryl methyl sites for hydroxylation is 1. The Balaban J connectivity index is 2.55. The van der Waals surface area contributed by atoms with Gasteiger partial charge in [-0.05, 0) is 13.3 Å². The van der Waals surface area contributed by atoms with E-state index in [2.05, 4.69) is 10.3 Å². The van der Waals surface area contributed by atoms with Gasteiger partial charge in [-0.25, -0.2) is 4.98 Å². The first-order valence-electron chi connectivity index (χ1n) is 4.53. The third-order valence-electron chi connectivity index (χ3n) is 1.99. The Labute approximate surface area is 82.8 Å². The van der Waals surface area contributed by atoms with Gasteiger partial charge in [0.1, 0.15) is 5.69 Å². The van der Waals surface area contributed by atoms with Gasteiger partial charge in [0, 0.05) is 19.7 Å². The molecule has 0 aliphatic carbocycles. The number of hydrogen-bond donors (Lipinski definition) is 2. The van der Waals surface area contributed by atoms with Gasteiger partial charge in [-0.2, -0.15) is 0 Å². The van der Waals surface area contributed by atoms with Crippen LogP contribution in [0.5, 0.6) is 0 Å². The lowest BCUT2D eigenvalue weighted by molar-refractivity contribution is 0.0926. The van der Waals surface area contributed by atoms with E-state index in [1.165, 1.54) is 6.20 Å². The van der Waals surface area contributed by atoms with Crippen LogP contribution in [0.1, 0.15) is 23.8 Å². The topological polar surface area (TPSA) is 67.2 Å². The number of nitrogens with zero attached hydrogens (tertiary/aromatic N) is 2. The highest BCUT2D eigenvalue weighted by atomic mass is 16.3. The van der Waals surface area contributed by atoms with E-state index in [1.54, 1.807) is 17.9 Å². The second-order valence-electron chi connectivity index (χ2n) is 3.28. The Morgan fingerprint density at radius 1 is 1.79 bits per heavy atom. The SMILES string of the molecule is CC(CCO)NC(=O)c1cncn1C. The molecule has 0 radical (unpaired) electrons. The van der Waals surface area contributed by atoms with E-state index >= 15 is 0 Å². The van der Waals surface area contributed by atoms with Crippen molar-refractivity contribution in [1.29, 1.82) is 0 Å². The van der Waals surface area contributed by atoms with E-state index in [0.717, 1.165) is 0 Å². The zero-order valence-corrected chi connectivity index (χ0v) is 8.40. The Morgan fingerprint density at radius 3 is 3.00 bits per heavy atom. The molecule has 1 amide bonds. The standard InChI is InChI=1S/C9H15N3O2/c1-7(3-4-13)11-9(14)8-5-10-6-12(8)2/h5-7,13H,3-4H2,1-2H3,(H,11,14). The van der Waals surface area contributed by atoms with Crippen LogP contribution in [-0.2, 0) is 7.05 Å². The smallest absolute Gasteiger partial charge is 0.269 e. The number of imidazole rings is 1. The highest BCUT2D eigenvalue weighted by molar-refractivity contribution is 5.92. The largest absolute Gasteiger partial charge is 0.396 e. The maximum atomic E-state index is 11.6. The van der Waals surface area contributed by atoms with Gasteiger partial charge in [0.2, 0.25) is 0 Å². The van der Waals surface area contributed by atoms with Crippen LogP contribution in [0.15, 0.2) is 12.5 Å². The quantitative estimate of drug-likeness (QED) is 0.709. The fraction of sp³-hybridized carbons (Fsp3) is 0.556. The van der Waals surface area contributed by atoms with Gasteiger partial charge in [0.05, 0.1) is 12.5 Å². The highest BCUT2D eigenvalue weighted by Gasteiger charge is 2.11. The van der Waals surface area contributed by atoms with Crippen molar-refractivity contribution in [2.24, 2.45) is 7.05 Å². The molecule has 0 aliphatic rings. The van der Waals surface area contributed by atoms with Crippen molar-refractivity contribution >= 4 is 5.91 Å². The van der Waals surface area contributed by atoms with E-state index < -0.39 is 0 Å². The van der Waals surface area contributed by atoms with Crippen molar-refractivity contribution in [3.05, 3.63) is 18.2 Å². The molecular formula is C9H15N3O2. The van der Waals surface area contributed by atoms with Gasteiger partial charge >= 0.3 is 0 Å². The predicted octanol–water partition coefficient (Wildman–Crippen LogP) is -0.0792. The van der Waals surface area contributed by atoms with Crippen molar-refractivity contribution in [1.82, 2.24) is 14.9 Å². The molecule has 0 aromatic carbocycles. The molecule has 2 N–H and O–H groups in total. The normalized spacial score (nSPS) is 12.5. The minimum Gasteiger partial charge on any atom is -0.396 e. The third kappa shape index (κ3) is 2.56. The summed E-state index contributed by atoms with van der Waals surface area (Å²) in [5, 5.41) is 11.4. The Bertz CT molecular complexity index is 309. The Kier molecular flexibility index (Phi) is 3.64. The van der Waals surface area contributed by atoms with Crippen molar-refractivity contribution in [2.75, 3.05) is 6.61 Å². The molecule has 1 aromatic rings. The fourth-order valence-corrected chi connectivity index (χ4v) is 1.14. The van der Waals surface area contributed by atoms with E-state index in [1.807, 2.05) is 6.92 Å². The van der Waals surface area contributed by atoms with Crippen LogP contribution in [0.2, 0.25) is 0 Å². The summed E-state index contributed by atoms with van der Waals surface area (Å²) in [6.07, 6.45) is 3.65. The van der Waals surface area contributed by atoms with Crippen molar-refractivity contribution in [3.63, 3.8) is 0 Å². The molecule has 1 atom stereocenters. The van der Waals surface area contributed by atoms with Crippen molar-refractivity contribution in [3.8, 4) is 0 Å². The molecule has 0 saturated carbocycles. The van der Waals surface area contributed by atoms with E-state index in [4.69, 9.17) is 5.11 Å². The number of aliphatic hydroxyl groups excluding tert-OH is 1. The predicted molar refractivity (Wildman–Crippen MR) is 51.8 cm³/mol. The summed E-state index contributed by atoms with van der Waals surface area (Å²) in [6, 6.07) is -0.0256. The van der Waals surface area contributed by atoms with Crippen LogP contribution in [0.3, 0.4) is 0 Å². The van der Waals surface area contributed by atoms with E-state index in [9.17, 15) is 4.79 Å². The van der Waals surface area contributed by atoms with Crippen LogP contribution < -0.4 is 5.32 Å². The van der Waals surface area contributed by atoms with Crippen LogP contribution in [0.4, 0.5) is 0 Å². The van der Waals surface area contributed by atoms with Crippen LogP contribution in [-0.4, -0.2) is 33.2 Å². The molecule has 0 aliphatic heterocycles. The summed E-state index contributed by atoms with van der Waals surface area (Å²) in [4.78, 5) is 15.4. The number of aromatic nitrogens is 2. The number of aliphatic hydroxyl groups is 1. The first-order valence-corrected chi connectivity index (χ1v) is 4.53. The average molecular weight is 197 g/mol. The summed E-state index contributed by atoms with van der Waals surface area (Å²) in [6.45, 7) is 1.93. The molecule has 0 saturated heterocycles. The second kappa shape index (κ2) is 4.76. The van der Waals surface area contributed by atoms with Crippen LogP contribution in [0, 0.1) is 0 Å². The van der Waals surface area contributed by atoms with Crippen LogP contribution in [0.25, 0.3) is 0 Å². The summed E-state index contributed by atoms with van der Waals surface area (Å²) < 4.78 is 1.65. The van der Waals surface area contributed by atoms with Gasteiger partial charge in [-0.3, -0.25) is 4.79 Å². The van der Waals surface area contributed by atoms with Crippen molar-refractivity contribution < 1.29 is 9.90 Å². The number of hydrogen-bond acceptors (Lipinski definition) is 3. The van der Waals surface area contributed by atoms with Gasteiger partial charge in [-0.15, -0.1) is 0 Å². The first kappa shape index (κ1) is 10.7. The van der Waals surface area contributed by atoms with Gasteiger partial charge < -0.3 is 15.0 Å². The lowest BCUT2D eigenvalue weighted by Crippen LogP contribution is -2.34. The third-order valence-corrected chi connectivity index (χ3v) is 1.99. The molecule has 1 rings (SSSR count). The minimum atomic E-state index is -0.161. The molecule has 0 bridgehead atoms. The number of amides is 1. The van der Waals surface area contributed by atoms with Crippen molar-refractivity contribution in [2.45, 2.75) is 19.4 Å². The van der Waals surface area contributed by atoms with E-state index in [-0.39, 0.29) is 18.6 Å². The van der Waals surface area contributed by atoms with Crippen LogP contribution >= 0.6 is 0 Å². The molecule has 0 fully saturated rings. The van der Waals surface area contributed by atoms with Gasteiger partial charge in [0.25, 0.3) is 5.91 Å². The molecule has 1 heterocycles. The monoisotopic (exact) mass is 197 g/mol. The lowest BCUT2D eigenvalue weighted by atomic mass is 10.2. The molecule has 5 nitrogen and oxygen atoms in total. The first-order chi connectivity index (χ1) is 6.65. The molecule has 78 valence electrons. The molecule has 14 heavy (non-hydrogen) atoms. The number of carbonyl (C=O) groups excluding carboxylic acids is 1. The summed E-state index contributed by atoms with van der Waals surface area (Å²) in [7, 11) is 1.76. The zero-order chi connectivity index (χ0) is 10.6. The lowest BCUT2D eigenvalue weighted by Gasteiger charge is -2.11. The molecule has 0 spiro atoms. The molecule has 1 aromatic heterocycles. The Hall–Kier alpha value is -1.36. The highest BCUT2D eigenvalue weighted by Crippen LogP contribution is 1.98. The average Bonchev–Trinajstić information content (AvgIpc) is 2.51. The van der Waals surface area contributed by atoms with Gasteiger partial charge in [0.15, 0.2) is 0 Å². The summed E-state index contributed by atoms with van der Waals surface area (Å²) in [5.74, 6) is -0.161. The molecule has 5 heteroatoms. The van der Waals surface area contributed by atoms with E-state index in [0.29, 0.717) is 12.1 Å². The summed E-state index contributed by atoms with van der Waals surface area (Å²) >= 11 is 0. The van der Waals surface area contributed by atoms with Gasteiger partial charge in [-0.1, -0.05) is 0 Å². The number of carbonyl (C=O) groups is 1. The molecule has 1 unspecified atom stereocenters. The number of nitrogens with one attached hydrogen (secondary N) is 1. The zero-order valence-electron chi connectivity index (χ0n) is 8.40. The minimum absolute atomic E-state index is 0.0256. The maximum absolute atomic E-state index is 11.6. The fourth-order valence-electron chi connectivity index (χ4n) is 1.14. The Morgan fingerprint density at radius 2 is 2.50 bits per heavy atom.